The molecule has 2 N–H and O–H groups in total. The molecule has 0 amide bonds. The summed E-state index contributed by atoms with van der Waals surface area (Å²) in [4.78, 5) is 17.8. The van der Waals surface area contributed by atoms with Crippen LogP contribution in [0.25, 0.3) is 17.0 Å². The van der Waals surface area contributed by atoms with Gasteiger partial charge in [0.05, 0.1) is 12.8 Å². The van der Waals surface area contributed by atoms with Crippen LogP contribution in [-0.2, 0) is 24.6 Å². The molecule has 0 saturated heterocycles. The quantitative estimate of drug-likeness (QED) is 0.262. The zero-order valence-electron chi connectivity index (χ0n) is 22.8. The molecule has 2 aliphatic carbocycles. The number of rotatable bonds is 9. The molecule has 8 nitrogen and oxygen atoms in total. The smallest absolute Gasteiger partial charge is 0.434 e. The molecule has 11 heteroatoms. The Morgan fingerprint density at radius 3 is 2.38 bits per heavy atom. The standard InChI is InChI=1S/C29H33F3N6O2/c1-34-24(19-12-13-19)23(25(33)39-3)26-35-14-21(18-6-4-5-7-18)28(37-26)40-16-17-8-10-20(11-9-17)27-36-22(15-38(27)2)29(30,31)32/h8-11,14-15,18-19H,4-7,12-13,16,33H2,1-3H3. The number of aliphatic imine (C=N–C) groups is 1. The third kappa shape index (κ3) is 5.83. The van der Waals surface area contributed by atoms with E-state index in [1.54, 1.807) is 26.2 Å². The first-order valence-electron chi connectivity index (χ1n) is 13.4. The predicted molar refractivity (Wildman–Crippen MR) is 145 cm³/mol. The molecule has 2 aromatic heterocycles. The van der Waals surface area contributed by atoms with Crippen LogP contribution in [0.5, 0.6) is 5.88 Å². The summed E-state index contributed by atoms with van der Waals surface area (Å²) >= 11 is 0. The second-order valence-electron chi connectivity index (χ2n) is 10.3. The van der Waals surface area contributed by atoms with Crippen molar-refractivity contribution >= 4 is 11.3 Å². The first kappa shape index (κ1) is 27.7. The maximum atomic E-state index is 13.1. The number of aromatic nitrogens is 4. The van der Waals surface area contributed by atoms with E-state index in [4.69, 9.17) is 20.2 Å². The first-order chi connectivity index (χ1) is 19.2. The predicted octanol–water partition coefficient (Wildman–Crippen LogP) is 5.89. The molecule has 3 aromatic rings. The van der Waals surface area contributed by atoms with Crippen molar-refractivity contribution in [1.82, 2.24) is 19.5 Å². The van der Waals surface area contributed by atoms with Crippen molar-refractivity contribution in [3.05, 3.63) is 65.2 Å². The number of allylic oxidation sites excluding steroid dienone is 1. The molecule has 0 aliphatic heterocycles. The minimum absolute atomic E-state index is 0.214. The third-order valence-corrected chi connectivity index (χ3v) is 7.48. The SMILES string of the molecule is CN=C(C(=C(N)OC)c1ncc(C2CCCC2)c(OCc2ccc(-c3nc(C(F)(F)F)cn3C)cc2)n1)C1CC1. The van der Waals surface area contributed by atoms with Crippen LogP contribution >= 0.6 is 0 Å². The van der Waals surface area contributed by atoms with E-state index in [0.29, 0.717) is 34.7 Å². The van der Waals surface area contributed by atoms with E-state index in [9.17, 15) is 13.2 Å². The van der Waals surface area contributed by atoms with Gasteiger partial charge in [0, 0.05) is 43.5 Å². The Labute approximate surface area is 231 Å². The van der Waals surface area contributed by atoms with Gasteiger partial charge in [-0.25, -0.2) is 9.97 Å². The Hall–Kier alpha value is -3.89. The Balaban J connectivity index is 1.41. The molecule has 0 bridgehead atoms. The van der Waals surface area contributed by atoms with Gasteiger partial charge in [-0.2, -0.15) is 18.2 Å². The van der Waals surface area contributed by atoms with Gasteiger partial charge < -0.3 is 19.8 Å². The molecule has 0 atom stereocenters. The number of hydrogen-bond acceptors (Lipinski definition) is 7. The van der Waals surface area contributed by atoms with Crippen LogP contribution in [0.1, 0.15) is 67.1 Å². The minimum Gasteiger partial charge on any atom is -0.482 e. The summed E-state index contributed by atoms with van der Waals surface area (Å²) in [5, 5.41) is 0. The summed E-state index contributed by atoms with van der Waals surface area (Å²) in [6.45, 7) is 0.223. The van der Waals surface area contributed by atoms with Crippen molar-refractivity contribution in [2.75, 3.05) is 14.2 Å². The van der Waals surface area contributed by atoms with Gasteiger partial charge in [0.1, 0.15) is 18.0 Å². The Kier molecular flexibility index (Phi) is 7.82. The minimum atomic E-state index is -4.50. The van der Waals surface area contributed by atoms with Crippen LogP contribution in [0.15, 0.2) is 47.5 Å². The second-order valence-corrected chi connectivity index (χ2v) is 10.3. The average molecular weight is 555 g/mol. The van der Waals surface area contributed by atoms with Gasteiger partial charge in [-0.05, 0) is 37.2 Å². The number of imidazole rings is 1. The monoisotopic (exact) mass is 554 g/mol. The number of nitrogens with zero attached hydrogens (tertiary/aromatic N) is 5. The van der Waals surface area contributed by atoms with Crippen LogP contribution in [0, 0.1) is 5.92 Å². The summed E-state index contributed by atoms with van der Waals surface area (Å²) < 4.78 is 52.3. The molecule has 0 radical (unpaired) electrons. The van der Waals surface area contributed by atoms with Crippen molar-refractivity contribution in [2.24, 2.45) is 23.7 Å². The maximum absolute atomic E-state index is 13.1. The van der Waals surface area contributed by atoms with Crippen LogP contribution in [-0.4, -0.2) is 39.4 Å². The van der Waals surface area contributed by atoms with Gasteiger partial charge in [-0.3, -0.25) is 4.99 Å². The average Bonchev–Trinajstić information content (AvgIpc) is 3.46. The number of alkyl halides is 3. The molecule has 0 spiro atoms. The maximum Gasteiger partial charge on any atom is 0.434 e. The molecule has 0 unspecified atom stereocenters. The summed E-state index contributed by atoms with van der Waals surface area (Å²) in [7, 11) is 4.79. The van der Waals surface area contributed by atoms with E-state index >= 15 is 0 Å². The van der Waals surface area contributed by atoms with Crippen LogP contribution in [0.4, 0.5) is 13.2 Å². The fourth-order valence-electron chi connectivity index (χ4n) is 5.21. The van der Waals surface area contributed by atoms with Crippen molar-refractivity contribution in [3.8, 4) is 17.3 Å². The summed E-state index contributed by atoms with van der Waals surface area (Å²) in [6, 6.07) is 7.12. The highest BCUT2D eigenvalue weighted by atomic mass is 19.4. The number of nitrogens with two attached hydrogens (primary N) is 1. The second kappa shape index (κ2) is 11.3. The number of methoxy groups -OCH3 is 1. The normalized spacial score (nSPS) is 17.2. The Morgan fingerprint density at radius 1 is 1.10 bits per heavy atom. The lowest BCUT2D eigenvalue weighted by Gasteiger charge is -2.18. The highest BCUT2D eigenvalue weighted by molar-refractivity contribution is 6.25. The number of halogens is 3. The first-order valence-corrected chi connectivity index (χ1v) is 13.4. The van der Waals surface area contributed by atoms with Gasteiger partial charge in [0.2, 0.25) is 5.88 Å². The number of ether oxygens (including phenoxy) is 2. The molecule has 212 valence electrons. The molecular formula is C29H33F3N6O2. The number of aryl methyl sites for hydroxylation is 1. The van der Waals surface area contributed by atoms with Crippen LogP contribution < -0.4 is 10.5 Å². The van der Waals surface area contributed by atoms with Crippen LogP contribution in [0.3, 0.4) is 0 Å². The summed E-state index contributed by atoms with van der Waals surface area (Å²) in [5.41, 5.74) is 9.13. The van der Waals surface area contributed by atoms with Crippen molar-refractivity contribution in [2.45, 2.75) is 57.2 Å². The van der Waals surface area contributed by atoms with E-state index in [-0.39, 0.29) is 18.3 Å². The van der Waals surface area contributed by atoms with E-state index in [1.165, 1.54) is 11.7 Å². The lowest BCUT2D eigenvalue weighted by Crippen LogP contribution is -2.17. The summed E-state index contributed by atoms with van der Waals surface area (Å²) in [6.07, 6.45) is 4.76. The van der Waals surface area contributed by atoms with E-state index in [0.717, 1.165) is 61.6 Å². The Morgan fingerprint density at radius 2 is 1.80 bits per heavy atom. The van der Waals surface area contributed by atoms with Gasteiger partial charge in [0.25, 0.3) is 0 Å². The fraction of sp³-hybridized carbons (Fsp3) is 0.448. The fourth-order valence-corrected chi connectivity index (χ4v) is 5.21. The molecule has 2 aliphatic rings. The van der Waals surface area contributed by atoms with Gasteiger partial charge in [-0.15, -0.1) is 0 Å². The molecule has 2 heterocycles. The van der Waals surface area contributed by atoms with Gasteiger partial charge in [-0.1, -0.05) is 37.1 Å². The van der Waals surface area contributed by atoms with E-state index in [2.05, 4.69) is 15.0 Å². The molecule has 5 rings (SSSR count). The number of hydrogen-bond donors (Lipinski definition) is 1. The third-order valence-electron chi connectivity index (χ3n) is 7.48. The van der Waals surface area contributed by atoms with Gasteiger partial charge in [0.15, 0.2) is 17.4 Å². The molecular weight excluding hydrogens is 521 g/mol. The Bertz CT molecular complexity index is 1420. The largest absolute Gasteiger partial charge is 0.482 e. The molecule has 40 heavy (non-hydrogen) atoms. The number of benzene rings is 1. The highest BCUT2D eigenvalue weighted by Crippen LogP contribution is 2.40. The zero-order valence-corrected chi connectivity index (χ0v) is 22.8. The van der Waals surface area contributed by atoms with Crippen LogP contribution in [0.2, 0.25) is 0 Å². The highest BCUT2D eigenvalue weighted by Gasteiger charge is 2.35. The molecule has 2 saturated carbocycles. The van der Waals surface area contributed by atoms with Crippen molar-refractivity contribution in [1.29, 1.82) is 0 Å². The lowest BCUT2D eigenvalue weighted by atomic mass is 9.99. The molecule has 2 fully saturated rings. The van der Waals surface area contributed by atoms with E-state index < -0.39 is 11.9 Å². The zero-order chi connectivity index (χ0) is 28.4. The molecule has 1 aromatic carbocycles. The van der Waals surface area contributed by atoms with E-state index in [1.807, 2.05) is 18.3 Å². The van der Waals surface area contributed by atoms with Crippen molar-refractivity contribution in [3.63, 3.8) is 0 Å². The topological polar surface area (TPSA) is 100 Å². The van der Waals surface area contributed by atoms with Crippen molar-refractivity contribution < 1.29 is 22.6 Å². The summed E-state index contributed by atoms with van der Waals surface area (Å²) in [5.74, 6) is 1.98. The lowest BCUT2D eigenvalue weighted by molar-refractivity contribution is -0.140. The van der Waals surface area contributed by atoms with Gasteiger partial charge >= 0.3 is 6.18 Å².